The summed E-state index contributed by atoms with van der Waals surface area (Å²) in [5.74, 6) is 0. The van der Waals surface area contributed by atoms with Gasteiger partial charge in [-0.05, 0) is 45.0 Å². The largest absolute Gasteiger partial charge is 0.443 e. The molecular formula is C21H18N2O4. The third-order valence-electron chi connectivity index (χ3n) is 4.30. The molecule has 0 aliphatic carbocycles. The number of ether oxygens (including phenoxy) is 1. The van der Waals surface area contributed by atoms with E-state index in [1.54, 1.807) is 69.3 Å². The molecule has 0 radical (unpaired) electrons. The lowest BCUT2D eigenvalue weighted by molar-refractivity contribution is 0.0550. The van der Waals surface area contributed by atoms with Gasteiger partial charge in [0.05, 0.1) is 5.52 Å². The first-order valence-electron chi connectivity index (χ1n) is 8.60. The molecular weight excluding hydrogens is 344 g/mol. The number of fused-ring (bicyclic) bond motifs is 3. The summed E-state index contributed by atoms with van der Waals surface area (Å²) in [5.41, 5.74) is -0.522. The number of nitrogens with zero attached hydrogens (tertiary/aromatic N) is 1. The van der Waals surface area contributed by atoms with E-state index in [4.69, 9.17) is 4.74 Å². The van der Waals surface area contributed by atoms with E-state index < -0.39 is 17.1 Å². The summed E-state index contributed by atoms with van der Waals surface area (Å²) in [6, 6.07) is 13.6. The Morgan fingerprint density at radius 2 is 1.56 bits per heavy atom. The third-order valence-corrected chi connectivity index (χ3v) is 4.30. The molecule has 0 fully saturated rings. The van der Waals surface area contributed by atoms with Crippen LogP contribution in [0.3, 0.4) is 0 Å². The summed E-state index contributed by atoms with van der Waals surface area (Å²) in [7, 11) is 0. The fraction of sp³-hybridized carbons (Fsp3) is 0.190. The molecule has 6 heteroatoms. The quantitative estimate of drug-likeness (QED) is 0.483. The van der Waals surface area contributed by atoms with Crippen LogP contribution in [-0.2, 0) is 4.74 Å². The van der Waals surface area contributed by atoms with Gasteiger partial charge in [0.25, 0.3) is 0 Å². The van der Waals surface area contributed by atoms with Crippen LogP contribution in [0.4, 0.5) is 4.79 Å². The highest BCUT2D eigenvalue weighted by atomic mass is 16.6. The summed E-state index contributed by atoms with van der Waals surface area (Å²) >= 11 is 0. The number of benzene rings is 2. The molecule has 4 aromatic rings. The van der Waals surface area contributed by atoms with E-state index in [1.165, 1.54) is 4.57 Å². The third kappa shape index (κ3) is 2.70. The Morgan fingerprint density at radius 1 is 0.926 bits per heavy atom. The van der Waals surface area contributed by atoms with E-state index in [1.807, 2.05) is 0 Å². The van der Waals surface area contributed by atoms with Crippen molar-refractivity contribution in [2.75, 3.05) is 0 Å². The average Bonchev–Trinajstić information content (AvgIpc) is 2.62. The lowest BCUT2D eigenvalue weighted by atomic mass is 10.1. The first-order chi connectivity index (χ1) is 12.8. The minimum absolute atomic E-state index is 0.00773. The van der Waals surface area contributed by atoms with Crippen molar-refractivity contribution in [1.82, 2.24) is 9.55 Å². The zero-order chi connectivity index (χ0) is 19.3. The lowest BCUT2D eigenvalue weighted by Crippen LogP contribution is -2.30. The zero-order valence-electron chi connectivity index (χ0n) is 15.2. The van der Waals surface area contributed by atoms with Gasteiger partial charge in [-0.15, -0.1) is 0 Å². The standard InChI is InChI=1S/C21H18N2O4/c1-21(2,3)27-20(26)23-15-11-7-5-9-13(15)18(24)16-17(23)19(25)12-8-4-6-10-14(12)22-16/h4-11H,1-3H3,(H,22,25). The van der Waals surface area contributed by atoms with Crippen molar-refractivity contribution in [3.8, 4) is 0 Å². The topological polar surface area (TPSA) is 81.2 Å². The molecule has 4 rings (SSSR count). The Morgan fingerprint density at radius 3 is 2.26 bits per heavy atom. The monoisotopic (exact) mass is 362 g/mol. The van der Waals surface area contributed by atoms with Gasteiger partial charge in [0, 0.05) is 16.3 Å². The summed E-state index contributed by atoms with van der Waals surface area (Å²) in [6.07, 6.45) is -0.704. The number of carbonyl (C=O) groups is 1. The molecule has 0 saturated carbocycles. The highest BCUT2D eigenvalue weighted by Crippen LogP contribution is 2.20. The van der Waals surface area contributed by atoms with Gasteiger partial charge in [-0.2, -0.15) is 0 Å². The molecule has 0 bridgehead atoms. The van der Waals surface area contributed by atoms with Gasteiger partial charge in [-0.25, -0.2) is 9.36 Å². The van der Waals surface area contributed by atoms with Gasteiger partial charge in [0.15, 0.2) is 0 Å². The second-order valence-electron chi connectivity index (χ2n) is 7.39. The first-order valence-corrected chi connectivity index (χ1v) is 8.60. The number of para-hydroxylation sites is 2. The van der Waals surface area contributed by atoms with Crippen molar-refractivity contribution in [2.45, 2.75) is 26.4 Å². The minimum atomic E-state index is -0.753. The van der Waals surface area contributed by atoms with Gasteiger partial charge in [-0.1, -0.05) is 24.3 Å². The van der Waals surface area contributed by atoms with Crippen LogP contribution in [0.2, 0.25) is 0 Å². The van der Waals surface area contributed by atoms with E-state index in [0.29, 0.717) is 21.8 Å². The number of aromatic amines is 1. The van der Waals surface area contributed by atoms with Crippen LogP contribution in [0, 0.1) is 0 Å². The van der Waals surface area contributed by atoms with Gasteiger partial charge < -0.3 is 9.72 Å². The van der Waals surface area contributed by atoms with Crippen molar-refractivity contribution in [1.29, 1.82) is 0 Å². The zero-order valence-corrected chi connectivity index (χ0v) is 15.2. The number of rotatable bonds is 0. The summed E-state index contributed by atoms with van der Waals surface area (Å²) < 4.78 is 6.71. The molecule has 0 saturated heterocycles. The molecule has 6 nitrogen and oxygen atoms in total. The van der Waals surface area contributed by atoms with Gasteiger partial charge in [0.2, 0.25) is 10.9 Å². The lowest BCUT2D eigenvalue weighted by Gasteiger charge is -2.22. The van der Waals surface area contributed by atoms with Crippen LogP contribution < -0.4 is 10.9 Å². The van der Waals surface area contributed by atoms with E-state index in [-0.39, 0.29) is 16.5 Å². The van der Waals surface area contributed by atoms with E-state index in [2.05, 4.69) is 4.98 Å². The molecule has 0 amide bonds. The number of carbonyl (C=O) groups excluding carboxylic acids is 1. The highest BCUT2D eigenvalue weighted by molar-refractivity contribution is 6.02. The number of hydrogen-bond donors (Lipinski definition) is 1. The van der Waals surface area contributed by atoms with Gasteiger partial charge >= 0.3 is 6.09 Å². The maximum absolute atomic E-state index is 13.2. The van der Waals surface area contributed by atoms with E-state index in [9.17, 15) is 14.4 Å². The second-order valence-corrected chi connectivity index (χ2v) is 7.39. The minimum Gasteiger partial charge on any atom is -0.443 e. The molecule has 27 heavy (non-hydrogen) atoms. The predicted molar refractivity (Wildman–Crippen MR) is 105 cm³/mol. The van der Waals surface area contributed by atoms with Crippen LogP contribution in [0.15, 0.2) is 58.1 Å². The summed E-state index contributed by atoms with van der Waals surface area (Å²) in [5, 5.41) is 0.735. The number of H-pyrrole nitrogens is 1. The SMILES string of the molecule is CC(C)(C)OC(=O)n1c2ccccc2c(=O)c2[nH]c3ccccc3c(=O)c21. The molecule has 2 heterocycles. The Balaban J connectivity index is 2.26. The number of nitrogens with one attached hydrogen (secondary N) is 1. The fourth-order valence-electron chi connectivity index (χ4n) is 3.22. The molecule has 1 N–H and O–H groups in total. The van der Waals surface area contributed by atoms with Crippen molar-refractivity contribution in [2.24, 2.45) is 0 Å². The molecule has 0 aliphatic rings. The Kier molecular flexibility index (Phi) is 3.66. The Hall–Kier alpha value is -3.41. The first kappa shape index (κ1) is 17.0. The number of aromatic nitrogens is 2. The molecule has 2 aromatic carbocycles. The van der Waals surface area contributed by atoms with Crippen LogP contribution in [0.1, 0.15) is 20.8 Å². The second kappa shape index (κ2) is 5.81. The predicted octanol–water partition coefficient (Wildman–Crippen LogP) is 3.78. The van der Waals surface area contributed by atoms with Crippen molar-refractivity contribution < 1.29 is 9.53 Å². The molecule has 0 spiro atoms. The Bertz CT molecular complexity index is 1340. The maximum atomic E-state index is 13.2. The molecule has 0 aliphatic heterocycles. The summed E-state index contributed by atoms with van der Waals surface area (Å²) in [6.45, 7) is 5.24. The molecule has 136 valence electrons. The van der Waals surface area contributed by atoms with Crippen LogP contribution in [0.25, 0.3) is 32.8 Å². The van der Waals surface area contributed by atoms with E-state index in [0.717, 1.165) is 0 Å². The van der Waals surface area contributed by atoms with Crippen molar-refractivity contribution >= 4 is 38.9 Å². The molecule has 0 atom stereocenters. The van der Waals surface area contributed by atoms with Crippen LogP contribution >= 0.6 is 0 Å². The normalized spacial score (nSPS) is 12.0. The Labute approximate surface area is 154 Å². The highest BCUT2D eigenvalue weighted by Gasteiger charge is 2.24. The fourth-order valence-corrected chi connectivity index (χ4v) is 3.22. The van der Waals surface area contributed by atoms with Crippen molar-refractivity contribution in [3.05, 3.63) is 69.0 Å². The van der Waals surface area contributed by atoms with Crippen LogP contribution in [-0.4, -0.2) is 21.2 Å². The van der Waals surface area contributed by atoms with E-state index >= 15 is 0 Å². The summed E-state index contributed by atoms with van der Waals surface area (Å²) in [4.78, 5) is 42.2. The maximum Gasteiger partial charge on any atom is 0.419 e. The number of hydrogen-bond acceptors (Lipinski definition) is 4. The van der Waals surface area contributed by atoms with Gasteiger partial charge in [0.1, 0.15) is 16.6 Å². The van der Waals surface area contributed by atoms with Gasteiger partial charge in [-0.3, -0.25) is 9.59 Å². The molecule has 2 aromatic heterocycles. The smallest absolute Gasteiger partial charge is 0.419 e. The number of pyridine rings is 2. The van der Waals surface area contributed by atoms with Crippen molar-refractivity contribution in [3.63, 3.8) is 0 Å². The average molecular weight is 362 g/mol. The molecule has 0 unspecified atom stereocenters. The van der Waals surface area contributed by atoms with Crippen LogP contribution in [0.5, 0.6) is 0 Å².